The van der Waals surface area contributed by atoms with Gasteiger partial charge in [-0.3, -0.25) is 4.79 Å². The monoisotopic (exact) mass is 353 g/mol. The van der Waals surface area contributed by atoms with Crippen molar-refractivity contribution in [3.8, 4) is 0 Å². The normalized spacial score (nSPS) is 13.1. The smallest absolute Gasteiger partial charge is 0.382 e. The molecule has 0 saturated heterocycles. The van der Waals surface area contributed by atoms with E-state index in [-0.39, 0.29) is 6.42 Å². The standard InChI is InChI=1S/C13H15BrF3NO2/c1-18(8-11(19)13(15,16)17)12(20)7-6-9-4-2-3-5-10(9)14/h2-5,11,19H,6-8H2,1H3/t11-/m0/s1. The van der Waals surface area contributed by atoms with Crippen LogP contribution in [-0.2, 0) is 11.2 Å². The molecule has 0 spiro atoms. The number of aliphatic hydroxyl groups excluding tert-OH is 1. The van der Waals surface area contributed by atoms with Crippen molar-refractivity contribution in [1.82, 2.24) is 4.90 Å². The Morgan fingerprint density at radius 3 is 2.55 bits per heavy atom. The number of aliphatic hydroxyl groups is 1. The highest BCUT2D eigenvalue weighted by Crippen LogP contribution is 2.21. The number of halogens is 4. The van der Waals surface area contributed by atoms with Crippen molar-refractivity contribution >= 4 is 21.8 Å². The van der Waals surface area contributed by atoms with Crippen LogP contribution in [0.4, 0.5) is 13.2 Å². The largest absolute Gasteiger partial charge is 0.416 e. The highest BCUT2D eigenvalue weighted by Gasteiger charge is 2.39. The molecule has 1 aromatic rings. The van der Waals surface area contributed by atoms with Gasteiger partial charge >= 0.3 is 6.18 Å². The highest BCUT2D eigenvalue weighted by atomic mass is 79.9. The molecule has 0 fully saturated rings. The maximum atomic E-state index is 12.2. The number of hydrogen-bond donors (Lipinski definition) is 1. The number of alkyl halides is 3. The molecule has 0 radical (unpaired) electrons. The predicted octanol–water partition coefficient (Wildman–Crippen LogP) is 2.76. The Kier molecular flexibility index (Phi) is 6.01. The van der Waals surface area contributed by atoms with Crippen LogP contribution in [0.15, 0.2) is 28.7 Å². The molecule has 0 heterocycles. The minimum absolute atomic E-state index is 0.0870. The number of carbonyl (C=O) groups excluding carboxylic acids is 1. The summed E-state index contributed by atoms with van der Waals surface area (Å²) >= 11 is 3.34. The molecular formula is C13H15BrF3NO2. The van der Waals surface area contributed by atoms with Gasteiger partial charge in [0.05, 0.1) is 6.54 Å². The first kappa shape index (κ1) is 17.0. The average Bonchev–Trinajstić information content (AvgIpc) is 2.36. The van der Waals surface area contributed by atoms with Crippen LogP contribution in [0.3, 0.4) is 0 Å². The lowest BCUT2D eigenvalue weighted by Gasteiger charge is -2.22. The summed E-state index contributed by atoms with van der Waals surface area (Å²) in [4.78, 5) is 12.6. The third kappa shape index (κ3) is 5.13. The molecule has 1 N–H and O–H groups in total. The zero-order chi connectivity index (χ0) is 15.3. The number of carbonyl (C=O) groups is 1. The fourth-order valence-corrected chi connectivity index (χ4v) is 2.08. The fraction of sp³-hybridized carbons (Fsp3) is 0.462. The van der Waals surface area contributed by atoms with Gasteiger partial charge in [-0.25, -0.2) is 0 Å². The molecule has 1 rings (SSSR count). The zero-order valence-electron chi connectivity index (χ0n) is 10.8. The third-order valence-electron chi connectivity index (χ3n) is 2.82. The maximum absolute atomic E-state index is 12.2. The first-order valence-electron chi connectivity index (χ1n) is 5.94. The van der Waals surface area contributed by atoms with Crippen LogP contribution in [0.2, 0.25) is 0 Å². The molecule has 3 nitrogen and oxygen atoms in total. The SMILES string of the molecule is CN(C[C@H](O)C(F)(F)F)C(=O)CCc1ccccc1Br. The quantitative estimate of drug-likeness (QED) is 0.884. The van der Waals surface area contributed by atoms with Crippen molar-refractivity contribution in [2.45, 2.75) is 25.1 Å². The van der Waals surface area contributed by atoms with E-state index >= 15 is 0 Å². The van der Waals surface area contributed by atoms with Crippen LogP contribution in [0.5, 0.6) is 0 Å². The lowest BCUT2D eigenvalue weighted by atomic mass is 10.1. The summed E-state index contributed by atoms with van der Waals surface area (Å²) in [5, 5.41) is 8.91. The topological polar surface area (TPSA) is 40.5 Å². The second-order valence-corrected chi connectivity index (χ2v) is 5.28. The molecule has 0 unspecified atom stereocenters. The first-order chi connectivity index (χ1) is 9.21. The summed E-state index contributed by atoms with van der Waals surface area (Å²) < 4.78 is 37.4. The second-order valence-electron chi connectivity index (χ2n) is 4.42. The summed E-state index contributed by atoms with van der Waals surface area (Å²) in [6, 6.07) is 7.32. The molecule has 1 atom stereocenters. The number of amides is 1. The molecule has 0 bridgehead atoms. The number of benzene rings is 1. The van der Waals surface area contributed by atoms with E-state index in [1.165, 1.54) is 7.05 Å². The Morgan fingerprint density at radius 1 is 1.40 bits per heavy atom. The molecule has 1 amide bonds. The van der Waals surface area contributed by atoms with Gasteiger partial charge in [0.1, 0.15) is 0 Å². The number of aryl methyl sites for hydroxylation is 1. The lowest BCUT2D eigenvalue weighted by Crippen LogP contribution is -2.41. The minimum Gasteiger partial charge on any atom is -0.382 e. The Morgan fingerprint density at radius 2 is 2.00 bits per heavy atom. The van der Waals surface area contributed by atoms with Gasteiger partial charge < -0.3 is 10.0 Å². The van der Waals surface area contributed by atoms with E-state index in [2.05, 4.69) is 15.9 Å². The van der Waals surface area contributed by atoms with Gasteiger partial charge in [-0.15, -0.1) is 0 Å². The Balaban J connectivity index is 2.49. The number of hydrogen-bond acceptors (Lipinski definition) is 2. The summed E-state index contributed by atoms with van der Waals surface area (Å²) in [6.07, 6.45) is -6.71. The fourth-order valence-electron chi connectivity index (χ4n) is 1.60. The maximum Gasteiger partial charge on any atom is 0.416 e. The lowest BCUT2D eigenvalue weighted by molar-refractivity contribution is -0.207. The molecule has 0 aliphatic carbocycles. The van der Waals surface area contributed by atoms with Crippen LogP contribution in [0, 0.1) is 0 Å². The first-order valence-corrected chi connectivity index (χ1v) is 6.73. The molecule has 112 valence electrons. The van der Waals surface area contributed by atoms with Crippen LogP contribution in [0.25, 0.3) is 0 Å². The van der Waals surface area contributed by atoms with Gasteiger partial charge in [-0.2, -0.15) is 13.2 Å². The van der Waals surface area contributed by atoms with Crippen molar-refractivity contribution in [3.63, 3.8) is 0 Å². The van der Waals surface area contributed by atoms with Gasteiger partial charge in [0, 0.05) is 17.9 Å². The third-order valence-corrected chi connectivity index (χ3v) is 3.59. The van der Waals surface area contributed by atoms with Crippen LogP contribution >= 0.6 is 15.9 Å². The molecule has 0 aliphatic heterocycles. The molecule has 0 aromatic heterocycles. The summed E-state index contributed by atoms with van der Waals surface area (Å²) in [7, 11) is 1.25. The van der Waals surface area contributed by atoms with Crippen LogP contribution < -0.4 is 0 Å². The van der Waals surface area contributed by atoms with Gasteiger partial charge in [0.25, 0.3) is 0 Å². The van der Waals surface area contributed by atoms with E-state index in [9.17, 15) is 18.0 Å². The molecule has 1 aromatic carbocycles. The van der Waals surface area contributed by atoms with Crippen molar-refractivity contribution in [3.05, 3.63) is 34.3 Å². The predicted molar refractivity (Wildman–Crippen MR) is 72.2 cm³/mol. The van der Waals surface area contributed by atoms with Crippen LogP contribution in [-0.4, -0.2) is 41.8 Å². The second kappa shape index (κ2) is 7.08. The molecular weight excluding hydrogens is 339 g/mol. The van der Waals surface area contributed by atoms with Gasteiger partial charge in [0.2, 0.25) is 5.91 Å². The van der Waals surface area contributed by atoms with E-state index in [0.29, 0.717) is 6.42 Å². The average molecular weight is 354 g/mol. The van der Waals surface area contributed by atoms with E-state index in [1.807, 2.05) is 24.3 Å². The van der Waals surface area contributed by atoms with E-state index in [0.717, 1.165) is 14.9 Å². The van der Waals surface area contributed by atoms with Gasteiger partial charge in [0.15, 0.2) is 6.10 Å². The van der Waals surface area contributed by atoms with Crippen molar-refractivity contribution < 1.29 is 23.1 Å². The summed E-state index contributed by atoms with van der Waals surface area (Å²) in [5.41, 5.74) is 0.908. The van der Waals surface area contributed by atoms with Crippen molar-refractivity contribution in [1.29, 1.82) is 0 Å². The van der Waals surface area contributed by atoms with Gasteiger partial charge in [-0.05, 0) is 18.1 Å². The van der Waals surface area contributed by atoms with E-state index in [4.69, 9.17) is 5.11 Å². The van der Waals surface area contributed by atoms with E-state index < -0.39 is 24.7 Å². The summed E-state index contributed by atoms with van der Waals surface area (Å²) in [6.45, 7) is -0.752. The Hall–Kier alpha value is -1.08. The summed E-state index contributed by atoms with van der Waals surface area (Å²) in [5.74, 6) is -0.441. The van der Waals surface area contributed by atoms with Crippen molar-refractivity contribution in [2.24, 2.45) is 0 Å². The molecule has 0 saturated carbocycles. The molecule has 0 aliphatic rings. The number of rotatable bonds is 5. The van der Waals surface area contributed by atoms with Crippen LogP contribution in [0.1, 0.15) is 12.0 Å². The Labute approximate surface area is 123 Å². The van der Waals surface area contributed by atoms with E-state index in [1.54, 1.807) is 0 Å². The zero-order valence-corrected chi connectivity index (χ0v) is 12.4. The molecule has 7 heteroatoms. The van der Waals surface area contributed by atoms with Crippen molar-refractivity contribution in [2.75, 3.05) is 13.6 Å². The number of likely N-dealkylation sites (N-methyl/N-ethyl adjacent to an activating group) is 1. The highest BCUT2D eigenvalue weighted by molar-refractivity contribution is 9.10. The Bertz CT molecular complexity index is 465. The van der Waals surface area contributed by atoms with Gasteiger partial charge in [-0.1, -0.05) is 34.1 Å². The number of nitrogens with zero attached hydrogens (tertiary/aromatic N) is 1. The molecule has 20 heavy (non-hydrogen) atoms. The minimum atomic E-state index is -4.71.